The van der Waals surface area contributed by atoms with E-state index in [9.17, 15) is 9.59 Å². The van der Waals surface area contributed by atoms with Crippen LogP contribution in [0.25, 0.3) is 0 Å². The summed E-state index contributed by atoms with van der Waals surface area (Å²) in [5, 5.41) is 0. The molecule has 0 saturated carbocycles. The van der Waals surface area contributed by atoms with Crippen LogP contribution in [0, 0.1) is 23.7 Å². The fraction of sp³-hybridized carbons (Fsp3) is 0.895. The number of ketones is 1. The zero-order valence-electron chi connectivity index (χ0n) is 15.5. The summed E-state index contributed by atoms with van der Waals surface area (Å²) in [7, 11) is 0. The number of esters is 1. The topological polar surface area (TPSA) is 43.4 Å². The predicted octanol–water partition coefficient (Wildman–Crippen LogP) is 5.02. The van der Waals surface area contributed by atoms with Crippen LogP contribution in [0.2, 0.25) is 0 Å². The van der Waals surface area contributed by atoms with Crippen LogP contribution in [0.3, 0.4) is 0 Å². The van der Waals surface area contributed by atoms with Crippen LogP contribution in [0.1, 0.15) is 80.1 Å². The molecule has 0 radical (unpaired) electrons. The number of carbonyl (C=O) groups is 2. The third-order valence-electron chi connectivity index (χ3n) is 4.31. The summed E-state index contributed by atoms with van der Waals surface area (Å²) in [6, 6.07) is 0. The summed E-state index contributed by atoms with van der Waals surface area (Å²) in [6.45, 7) is 12.3. The molecule has 3 nitrogen and oxygen atoms in total. The van der Waals surface area contributed by atoms with E-state index >= 15 is 0 Å². The van der Waals surface area contributed by atoms with Crippen molar-refractivity contribution in [3.05, 3.63) is 0 Å². The Morgan fingerprint density at radius 3 is 1.77 bits per heavy atom. The smallest absolute Gasteiger partial charge is 0.309 e. The Morgan fingerprint density at radius 1 is 0.818 bits per heavy atom. The highest BCUT2D eigenvalue weighted by molar-refractivity contribution is 5.85. The van der Waals surface area contributed by atoms with Gasteiger partial charge in [-0.05, 0) is 25.2 Å². The lowest BCUT2D eigenvalue weighted by Crippen LogP contribution is -2.37. The van der Waals surface area contributed by atoms with Crippen LogP contribution < -0.4 is 0 Å². The number of Topliss-reactive ketones (excluding diaryl/α,β-unsaturated/α-hetero) is 1. The molecular formula is C19H36O3. The molecule has 0 aliphatic heterocycles. The minimum absolute atomic E-state index is 0.0882. The van der Waals surface area contributed by atoms with Crippen molar-refractivity contribution in [2.45, 2.75) is 80.1 Å². The van der Waals surface area contributed by atoms with E-state index in [1.54, 1.807) is 6.92 Å². The van der Waals surface area contributed by atoms with Crippen molar-refractivity contribution in [1.82, 2.24) is 0 Å². The molecule has 0 amide bonds. The maximum absolute atomic E-state index is 12.4. The predicted molar refractivity (Wildman–Crippen MR) is 91.7 cm³/mol. The first-order valence-electron chi connectivity index (χ1n) is 8.99. The summed E-state index contributed by atoms with van der Waals surface area (Å²) >= 11 is 0. The van der Waals surface area contributed by atoms with Gasteiger partial charge >= 0.3 is 5.97 Å². The molecule has 0 heterocycles. The van der Waals surface area contributed by atoms with Gasteiger partial charge < -0.3 is 4.74 Å². The minimum Gasteiger partial charge on any atom is -0.465 e. The van der Waals surface area contributed by atoms with Crippen LogP contribution >= 0.6 is 0 Å². The first-order chi connectivity index (χ1) is 10.3. The van der Waals surface area contributed by atoms with Crippen LogP contribution in [0.4, 0.5) is 0 Å². The molecule has 0 N–H and O–H groups in total. The highest BCUT2D eigenvalue weighted by Gasteiger charge is 2.37. The Morgan fingerprint density at radius 2 is 1.32 bits per heavy atom. The molecule has 2 unspecified atom stereocenters. The van der Waals surface area contributed by atoms with Gasteiger partial charge in [0.25, 0.3) is 0 Å². The molecule has 0 aliphatic rings. The number of carbonyl (C=O) groups excluding carboxylic acids is 2. The monoisotopic (exact) mass is 312 g/mol. The van der Waals surface area contributed by atoms with Gasteiger partial charge in [-0.25, -0.2) is 0 Å². The summed E-state index contributed by atoms with van der Waals surface area (Å²) < 4.78 is 5.46. The van der Waals surface area contributed by atoms with Crippen molar-refractivity contribution in [3.8, 4) is 0 Å². The average molecular weight is 312 g/mol. The third-order valence-corrected chi connectivity index (χ3v) is 4.31. The van der Waals surface area contributed by atoms with Crippen molar-refractivity contribution >= 4 is 11.8 Å². The molecule has 3 heteroatoms. The lowest BCUT2D eigenvalue weighted by Gasteiger charge is -2.29. The lowest BCUT2D eigenvalue weighted by atomic mass is 9.75. The molecule has 0 aromatic heterocycles. The van der Waals surface area contributed by atoms with Gasteiger partial charge in [-0.15, -0.1) is 0 Å². The van der Waals surface area contributed by atoms with Gasteiger partial charge in [0.15, 0.2) is 0 Å². The van der Waals surface area contributed by atoms with Crippen molar-refractivity contribution in [3.63, 3.8) is 0 Å². The zero-order chi connectivity index (χ0) is 17.1. The fourth-order valence-corrected chi connectivity index (χ4v) is 3.12. The van der Waals surface area contributed by atoms with Gasteiger partial charge in [0.2, 0.25) is 0 Å². The van der Waals surface area contributed by atoms with E-state index in [0.29, 0.717) is 6.61 Å². The molecular weight excluding hydrogens is 276 g/mol. The number of hydrogen-bond acceptors (Lipinski definition) is 3. The zero-order valence-corrected chi connectivity index (χ0v) is 15.5. The maximum Gasteiger partial charge on any atom is 0.309 e. The first-order valence-corrected chi connectivity index (χ1v) is 8.99. The van der Waals surface area contributed by atoms with Gasteiger partial charge in [0.05, 0.1) is 12.5 Å². The van der Waals surface area contributed by atoms with Crippen LogP contribution in [0.15, 0.2) is 0 Å². The van der Waals surface area contributed by atoms with E-state index in [1.807, 2.05) is 27.7 Å². The number of ether oxygens (including phenoxy) is 1. The number of hydrogen-bond donors (Lipinski definition) is 0. The molecule has 2 atom stereocenters. The Balaban J connectivity index is 4.35. The molecule has 0 aliphatic carbocycles. The summed E-state index contributed by atoms with van der Waals surface area (Å²) in [5.74, 6) is -0.392. The average Bonchev–Trinajstić information content (AvgIpc) is 2.42. The van der Waals surface area contributed by atoms with Gasteiger partial charge in [-0.1, -0.05) is 66.7 Å². The van der Waals surface area contributed by atoms with E-state index in [0.717, 1.165) is 12.8 Å². The molecule has 0 bridgehead atoms. The number of unbranched alkanes of at least 4 members (excludes halogenated alkanes) is 5. The normalized spacial score (nSPS) is 14.2. The lowest BCUT2D eigenvalue weighted by molar-refractivity contribution is -0.156. The van der Waals surface area contributed by atoms with E-state index in [-0.39, 0.29) is 35.4 Å². The Hall–Kier alpha value is -0.860. The second-order valence-electron chi connectivity index (χ2n) is 7.09. The van der Waals surface area contributed by atoms with E-state index in [2.05, 4.69) is 6.92 Å². The maximum atomic E-state index is 12.4. The largest absolute Gasteiger partial charge is 0.465 e. The van der Waals surface area contributed by atoms with Gasteiger partial charge in [0, 0.05) is 5.92 Å². The Labute approximate surface area is 137 Å². The molecule has 130 valence electrons. The second kappa shape index (κ2) is 11.7. The van der Waals surface area contributed by atoms with E-state index in [1.165, 1.54) is 25.7 Å². The van der Waals surface area contributed by atoms with Gasteiger partial charge in [-0.2, -0.15) is 0 Å². The first kappa shape index (κ1) is 21.1. The van der Waals surface area contributed by atoms with E-state index in [4.69, 9.17) is 4.74 Å². The van der Waals surface area contributed by atoms with Gasteiger partial charge in [-0.3, -0.25) is 9.59 Å². The molecule has 0 saturated heterocycles. The quantitative estimate of drug-likeness (QED) is 0.375. The summed E-state index contributed by atoms with van der Waals surface area (Å²) in [4.78, 5) is 24.3. The Bertz CT molecular complexity index is 321. The summed E-state index contributed by atoms with van der Waals surface area (Å²) in [6.07, 6.45) is 7.03. The van der Waals surface area contributed by atoms with E-state index < -0.39 is 0 Å². The number of rotatable bonds is 12. The minimum atomic E-state index is -0.322. The molecule has 22 heavy (non-hydrogen) atoms. The Kier molecular flexibility index (Phi) is 11.2. The SMILES string of the molecule is CCCCCCCCOC(=O)C(C(C)C)C(C(C)=O)C(C)C. The molecule has 0 aromatic rings. The van der Waals surface area contributed by atoms with Crippen molar-refractivity contribution in [1.29, 1.82) is 0 Å². The fourth-order valence-electron chi connectivity index (χ4n) is 3.12. The standard InChI is InChI=1S/C19H36O3/c1-7-8-9-10-11-12-13-22-19(21)18(15(4)5)17(14(2)3)16(6)20/h14-15,17-18H,7-13H2,1-6H3. The molecule has 0 fully saturated rings. The molecule has 0 spiro atoms. The third kappa shape index (κ3) is 7.95. The van der Waals surface area contributed by atoms with Crippen LogP contribution in [-0.4, -0.2) is 18.4 Å². The van der Waals surface area contributed by atoms with Crippen molar-refractivity contribution in [2.75, 3.05) is 6.61 Å². The highest BCUT2D eigenvalue weighted by Crippen LogP contribution is 2.29. The van der Waals surface area contributed by atoms with Gasteiger partial charge in [0.1, 0.15) is 5.78 Å². The second-order valence-corrected chi connectivity index (χ2v) is 7.09. The molecule has 0 rings (SSSR count). The summed E-state index contributed by atoms with van der Waals surface area (Å²) in [5.41, 5.74) is 0. The van der Waals surface area contributed by atoms with Crippen molar-refractivity contribution in [2.24, 2.45) is 23.7 Å². The highest BCUT2D eigenvalue weighted by atomic mass is 16.5. The molecule has 0 aromatic carbocycles. The van der Waals surface area contributed by atoms with Crippen LogP contribution in [-0.2, 0) is 14.3 Å². The van der Waals surface area contributed by atoms with Crippen molar-refractivity contribution < 1.29 is 14.3 Å². The van der Waals surface area contributed by atoms with Crippen LogP contribution in [0.5, 0.6) is 0 Å².